The molecule has 0 unspecified atom stereocenters. The first-order chi connectivity index (χ1) is 9.82. The van der Waals surface area contributed by atoms with Crippen LogP contribution < -0.4 is 15.5 Å². The lowest BCUT2D eigenvalue weighted by Crippen LogP contribution is -2.62. The van der Waals surface area contributed by atoms with E-state index in [1.807, 2.05) is 13.8 Å². The number of nitrogens with zero attached hydrogens (tertiary/aromatic N) is 1. The third-order valence-electron chi connectivity index (χ3n) is 4.12. The fraction of sp³-hybridized carbons (Fsp3) is 0.588. The zero-order chi connectivity index (χ0) is 15.6. The molecule has 1 amide bonds. The van der Waals surface area contributed by atoms with Crippen molar-refractivity contribution in [3.8, 4) is 0 Å². The van der Waals surface area contributed by atoms with E-state index in [1.54, 1.807) is 0 Å². The van der Waals surface area contributed by atoms with Gasteiger partial charge in [0.05, 0.1) is 0 Å². The molecule has 0 bridgehead atoms. The molecule has 2 N–H and O–H groups in total. The molecule has 1 aliphatic heterocycles. The van der Waals surface area contributed by atoms with Gasteiger partial charge >= 0.3 is 0 Å². The van der Waals surface area contributed by atoms with Gasteiger partial charge in [-0.3, -0.25) is 4.79 Å². The van der Waals surface area contributed by atoms with E-state index in [-0.39, 0.29) is 5.91 Å². The summed E-state index contributed by atoms with van der Waals surface area (Å²) in [5, 5.41) is 6.38. The van der Waals surface area contributed by atoms with Crippen LogP contribution >= 0.6 is 0 Å². The van der Waals surface area contributed by atoms with E-state index in [0.29, 0.717) is 12.6 Å². The van der Waals surface area contributed by atoms with Crippen molar-refractivity contribution < 1.29 is 4.79 Å². The fourth-order valence-corrected chi connectivity index (χ4v) is 2.77. The summed E-state index contributed by atoms with van der Waals surface area (Å²) in [4.78, 5) is 14.3. The van der Waals surface area contributed by atoms with Crippen molar-refractivity contribution >= 4 is 11.6 Å². The highest BCUT2D eigenvalue weighted by atomic mass is 16.2. The molecule has 21 heavy (non-hydrogen) atoms. The molecule has 1 heterocycles. The maximum Gasteiger partial charge on any atom is 0.245 e. The SMILES string of the molecule is Cc1cc(CNC(C)C)ccc1N1CCNC(=O)C1(C)C. The molecule has 2 rings (SSSR count). The third kappa shape index (κ3) is 3.38. The standard InChI is InChI=1S/C17H27N3O/c1-12(2)19-11-14-6-7-15(13(3)10-14)20-9-8-18-16(21)17(20,4)5/h6-7,10,12,19H,8-9,11H2,1-5H3,(H,18,21). The summed E-state index contributed by atoms with van der Waals surface area (Å²) < 4.78 is 0. The molecule has 116 valence electrons. The molecule has 0 atom stereocenters. The Kier molecular flexibility index (Phi) is 4.57. The van der Waals surface area contributed by atoms with Gasteiger partial charge in [0.2, 0.25) is 5.91 Å². The van der Waals surface area contributed by atoms with Gasteiger partial charge in [0.15, 0.2) is 0 Å². The van der Waals surface area contributed by atoms with E-state index in [4.69, 9.17) is 0 Å². The van der Waals surface area contributed by atoms with Crippen LogP contribution in [0.4, 0.5) is 5.69 Å². The molecule has 0 aromatic heterocycles. The van der Waals surface area contributed by atoms with Gasteiger partial charge in [-0.1, -0.05) is 26.0 Å². The van der Waals surface area contributed by atoms with Crippen LogP contribution in [0.1, 0.15) is 38.8 Å². The van der Waals surface area contributed by atoms with Gasteiger partial charge in [0.25, 0.3) is 0 Å². The monoisotopic (exact) mass is 289 g/mol. The normalized spacial score (nSPS) is 18.0. The number of benzene rings is 1. The molecule has 1 aliphatic rings. The Hall–Kier alpha value is -1.55. The molecule has 1 fully saturated rings. The maximum atomic E-state index is 12.1. The second-order valence-electron chi connectivity index (χ2n) is 6.62. The van der Waals surface area contributed by atoms with E-state index in [1.165, 1.54) is 11.1 Å². The molecule has 0 spiro atoms. The molecule has 0 saturated carbocycles. The number of rotatable bonds is 4. The Morgan fingerprint density at radius 3 is 2.71 bits per heavy atom. The predicted molar refractivity (Wildman–Crippen MR) is 87.6 cm³/mol. The van der Waals surface area contributed by atoms with Gasteiger partial charge in [-0.2, -0.15) is 0 Å². The average Bonchev–Trinajstić information content (AvgIpc) is 2.40. The number of hydrogen-bond acceptors (Lipinski definition) is 3. The van der Waals surface area contributed by atoms with Crippen LogP contribution in [-0.2, 0) is 11.3 Å². The van der Waals surface area contributed by atoms with Crippen molar-refractivity contribution in [2.24, 2.45) is 0 Å². The zero-order valence-corrected chi connectivity index (χ0v) is 13.8. The second kappa shape index (κ2) is 6.06. The molecule has 4 nitrogen and oxygen atoms in total. The number of nitrogens with one attached hydrogen (secondary N) is 2. The highest BCUT2D eigenvalue weighted by Gasteiger charge is 2.38. The topological polar surface area (TPSA) is 44.4 Å². The van der Waals surface area contributed by atoms with Gasteiger partial charge in [-0.05, 0) is 38.0 Å². The van der Waals surface area contributed by atoms with Gasteiger partial charge in [0.1, 0.15) is 5.54 Å². The van der Waals surface area contributed by atoms with Gasteiger partial charge in [-0.25, -0.2) is 0 Å². The summed E-state index contributed by atoms with van der Waals surface area (Å²) in [7, 11) is 0. The van der Waals surface area contributed by atoms with Crippen molar-refractivity contribution in [3.05, 3.63) is 29.3 Å². The average molecular weight is 289 g/mol. The highest BCUT2D eigenvalue weighted by Crippen LogP contribution is 2.29. The van der Waals surface area contributed by atoms with Gasteiger partial charge < -0.3 is 15.5 Å². The number of amides is 1. The first-order valence-corrected chi connectivity index (χ1v) is 7.71. The molecular formula is C17H27N3O. The first-order valence-electron chi connectivity index (χ1n) is 7.71. The number of carbonyl (C=O) groups is 1. The fourth-order valence-electron chi connectivity index (χ4n) is 2.77. The van der Waals surface area contributed by atoms with Crippen LogP contribution in [0.25, 0.3) is 0 Å². The number of aryl methyl sites for hydroxylation is 1. The van der Waals surface area contributed by atoms with Crippen LogP contribution in [0.15, 0.2) is 18.2 Å². The summed E-state index contributed by atoms with van der Waals surface area (Å²) in [6.45, 7) is 12.8. The Bertz CT molecular complexity index is 523. The smallest absolute Gasteiger partial charge is 0.245 e. The second-order valence-corrected chi connectivity index (χ2v) is 6.62. The summed E-state index contributed by atoms with van der Waals surface area (Å²) >= 11 is 0. The molecular weight excluding hydrogens is 262 g/mol. The predicted octanol–water partition coefficient (Wildman–Crippen LogP) is 2.21. The minimum Gasteiger partial charge on any atom is -0.356 e. The van der Waals surface area contributed by atoms with E-state index in [9.17, 15) is 4.79 Å². The number of carbonyl (C=O) groups excluding carboxylic acids is 1. The summed E-state index contributed by atoms with van der Waals surface area (Å²) in [6, 6.07) is 7.00. The van der Waals surface area contributed by atoms with Crippen LogP contribution in [-0.4, -0.2) is 30.6 Å². The summed E-state index contributed by atoms with van der Waals surface area (Å²) in [5.74, 6) is 0.0960. The zero-order valence-electron chi connectivity index (χ0n) is 13.8. The molecule has 1 aromatic rings. The van der Waals surface area contributed by atoms with Crippen molar-refractivity contribution in [2.75, 3.05) is 18.0 Å². The van der Waals surface area contributed by atoms with E-state index in [2.05, 4.69) is 54.5 Å². The van der Waals surface area contributed by atoms with E-state index in [0.717, 1.165) is 18.8 Å². The molecule has 4 heteroatoms. The third-order valence-corrected chi connectivity index (χ3v) is 4.12. The Morgan fingerprint density at radius 1 is 1.38 bits per heavy atom. The Morgan fingerprint density at radius 2 is 2.10 bits per heavy atom. The minimum absolute atomic E-state index is 0.0960. The molecule has 1 saturated heterocycles. The Labute approximate surface area is 127 Å². The molecule has 0 aliphatic carbocycles. The lowest BCUT2D eigenvalue weighted by atomic mass is 9.96. The summed E-state index contributed by atoms with van der Waals surface area (Å²) in [6.07, 6.45) is 0. The van der Waals surface area contributed by atoms with Crippen LogP contribution in [0.3, 0.4) is 0 Å². The van der Waals surface area contributed by atoms with Crippen LogP contribution in [0, 0.1) is 6.92 Å². The lowest BCUT2D eigenvalue weighted by molar-refractivity contribution is -0.126. The quantitative estimate of drug-likeness (QED) is 0.893. The van der Waals surface area contributed by atoms with E-state index < -0.39 is 5.54 Å². The Balaban J connectivity index is 2.22. The van der Waals surface area contributed by atoms with Crippen molar-refractivity contribution in [3.63, 3.8) is 0 Å². The van der Waals surface area contributed by atoms with Crippen molar-refractivity contribution in [2.45, 2.75) is 52.7 Å². The van der Waals surface area contributed by atoms with Crippen LogP contribution in [0.5, 0.6) is 0 Å². The maximum absolute atomic E-state index is 12.1. The van der Waals surface area contributed by atoms with Crippen molar-refractivity contribution in [1.29, 1.82) is 0 Å². The largest absolute Gasteiger partial charge is 0.356 e. The molecule has 0 radical (unpaired) electrons. The lowest BCUT2D eigenvalue weighted by Gasteiger charge is -2.43. The first kappa shape index (κ1) is 15.8. The van der Waals surface area contributed by atoms with Gasteiger partial charge in [-0.15, -0.1) is 0 Å². The molecule has 1 aromatic carbocycles. The van der Waals surface area contributed by atoms with Crippen molar-refractivity contribution in [1.82, 2.24) is 10.6 Å². The minimum atomic E-state index is -0.499. The highest BCUT2D eigenvalue weighted by molar-refractivity contribution is 5.90. The van der Waals surface area contributed by atoms with E-state index >= 15 is 0 Å². The summed E-state index contributed by atoms with van der Waals surface area (Å²) in [5.41, 5.74) is 3.16. The number of hydrogen-bond donors (Lipinski definition) is 2. The van der Waals surface area contributed by atoms with Crippen LogP contribution in [0.2, 0.25) is 0 Å². The number of anilines is 1. The van der Waals surface area contributed by atoms with Gasteiger partial charge in [0, 0.05) is 31.4 Å². The number of piperazine rings is 1.